The van der Waals surface area contributed by atoms with Crippen LogP contribution in [0.3, 0.4) is 0 Å². The van der Waals surface area contributed by atoms with E-state index in [1.54, 1.807) is 6.92 Å². The summed E-state index contributed by atoms with van der Waals surface area (Å²) in [6, 6.07) is 0. The first-order chi connectivity index (χ1) is 10.7. The number of methoxy groups -OCH3 is 1. The van der Waals surface area contributed by atoms with E-state index in [2.05, 4.69) is 19.8 Å². The van der Waals surface area contributed by atoms with E-state index in [-0.39, 0.29) is 18.8 Å². The Morgan fingerprint density at radius 3 is 2.48 bits per heavy atom. The van der Waals surface area contributed by atoms with Gasteiger partial charge in [-0.1, -0.05) is 6.92 Å². The number of aryl methyl sites for hydroxylation is 1. The van der Waals surface area contributed by atoms with Crippen molar-refractivity contribution in [2.75, 3.05) is 26.9 Å². The largest absolute Gasteiger partial charge is 0.465 e. The van der Waals surface area contributed by atoms with Crippen LogP contribution in [0.5, 0.6) is 0 Å². The second-order valence-corrected chi connectivity index (χ2v) is 4.75. The van der Waals surface area contributed by atoms with Crippen LogP contribution in [-0.4, -0.2) is 49.9 Å². The molecule has 0 bridgehead atoms. The van der Waals surface area contributed by atoms with Crippen LogP contribution in [0.4, 0.5) is 13.2 Å². The molecule has 130 valence electrons. The van der Waals surface area contributed by atoms with Gasteiger partial charge in [0.25, 0.3) is 5.91 Å². The molecule has 0 saturated carbocycles. The zero-order valence-electron chi connectivity index (χ0n) is 13.1. The van der Waals surface area contributed by atoms with E-state index in [0.29, 0.717) is 23.2 Å². The van der Waals surface area contributed by atoms with Gasteiger partial charge in [0, 0.05) is 12.2 Å². The van der Waals surface area contributed by atoms with E-state index >= 15 is 0 Å². The predicted molar refractivity (Wildman–Crippen MR) is 75.5 cm³/mol. The van der Waals surface area contributed by atoms with Crippen molar-refractivity contribution in [2.24, 2.45) is 0 Å². The minimum absolute atomic E-state index is 0.0810. The SMILES string of the molecule is CCc1[nH]c(C(=O)NCCOCC(F)(F)F)c(C)c1C(=O)OC. The molecule has 0 radical (unpaired) electrons. The average Bonchev–Trinajstić information content (AvgIpc) is 2.81. The third-order valence-electron chi connectivity index (χ3n) is 3.10. The van der Waals surface area contributed by atoms with Crippen molar-refractivity contribution < 1.29 is 32.2 Å². The van der Waals surface area contributed by atoms with Crippen LogP contribution in [-0.2, 0) is 15.9 Å². The van der Waals surface area contributed by atoms with Gasteiger partial charge in [0.15, 0.2) is 0 Å². The van der Waals surface area contributed by atoms with Crippen molar-refractivity contribution >= 4 is 11.9 Å². The topological polar surface area (TPSA) is 80.4 Å². The molecule has 0 aliphatic rings. The Morgan fingerprint density at radius 2 is 1.96 bits per heavy atom. The number of carbonyl (C=O) groups excluding carboxylic acids is 2. The predicted octanol–water partition coefficient (Wildman–Crippen LogP) is 1.98. The number of H-pyrrole nitrogens is 1. The van der Waals surface area contributed by atoms with Crippen LogP contribution in [0.2, 0.25) is 0 Å². The van der Waals surface area contributed by atoms with Gasteiger partial charge in [-0.25, -0.2) is 4.79 Å². The Morgan fingerprint density at radius 1 is 1.30 bits per heavy atom. The summed E-state index contributed by atoms with van der Waals surface area (Å²) in [5.74, 6) is -1.08. The van der Waals surface area contributed by atoms with E-state index in [0.717, 1.165) is 0 Å². The number of rotatable bonds is 7. The van der Waals surface area contributed by atoms with E-state index in [9.17, 15) is 22.8 Å². The Labute approximate surface area is 131 Å². The lowest BCUT2D eigenvalue weighted by Crippen LogP contribution is -2.29. The van der Waals surface area contributed by atoms with Gasteiger partial charge < -0.3 is 19.8 Å². The quantitative estimate of drug-likeness (QED) is 0.589. The Kier molecular flexibility index (Phi) is 6.62. The summed E-state index contributed by atoms with van der Waals surface area (Å²) < 4.78 is 44.8. The number of esters is 1. The maximum Gasteiger partial charge on any atom is 0.411 e. The van der Waals surface area contributed by atoms with E-state index < -0.39 is 24.7 Å². The van der Waals surface area contributed by atoms with Gasteiger partial charge in [-0.15, -0.1) is 0 Å². The highest BCUT2D eigenvalue weighted by Gasteiger charge is 2.27. The molecule has 0 unspecified atom stereocenters. The van der Waals surface area contributed by atoms with Crippen molar-refractivity contribution in [2.45, 2.75) is 26.4 Å². The molecule has 9 heteroatoms. The fourth-order valence-corrected chi connectivity index (χ4v) is 2.04. The molecule has 0 saturated heterocycles. The molecule has 0 aromatic carbocycles. The first kappa shape index (κ1) is 19.0. The molecule has 1 rings (SSSR count). The molecule has 23 heavy (non-hydrogen) atoms. The highest BCUT2D eigenvalue weighted by Crippen LogP contribution is 2.20. The van der Waals surface area contributed by atoms with Crippen molar-refractivity contribution in [1.82, 2.24) is 10.3 Å². The number of amides is 1. The van der Waals surface area contributed by atoms with Gasteiger partial charge in [-0.3, -0.25) is 4.79 Å². The van der Waals surface area contributed by atoms with Gasteiger partial charge in [0.1, 0.15) is 12.3 Å². The third-order valence-corrected chi connectivity index (χ3v) is 3.10. The number of alkyl halides is 3. The normalized spacial score (nSPS) is 11.4. The summed E-state index contributed by atoms with van der Waals surface area (Å²) >= 11 is 0. The summed E-state index contributed by atoms with van der Waals surface area (Å²) in [5, 5.41) is 2.43. The average molecular weight is 336 g/mol. The number of ether oxygens (including phenoxy) is 2. The smallest absolute Gasteiger partial charge is 0.411 e. The molecular weight excluding hydrogens is 317 g/mol. The zero-order valence-corrected chi connectivity index (χ0v) is 13.1. The first-order valence-electron chi connectivity index (χ1n) is 6.93. The molecule has 6 nitrogen and oxygen atoms in total. The second kappa shape index (κ2) is 8.00. The van der Waals surface area contributed by atoms with Crippen LogP contribution in [0, 0.1) is 6.92 Å². The molecule has 2 N–H and O–H groups in total. The lowest BCUT2D eigenvalue weighted by Gasteiger charge is -2.08. The summed E-state index contributed by atoms with van der Waals surface area (Å²) in [7, 11) is 1.24. The second-order valence-electron chi connectivity index (χ2n) is 4.75. The standard InChI is InChI=1S/C14H19F3N2O4/c1-4-9-10(13(21)22-3)8(2)11(19-9)12(20)18-5-6-23-7-14(15,16)17/h19H,4-7H2,1-3H3,(H,18,20). The Balaban J connectivity index is 2.67. The van der Waals surface area contributed by atoms with Gasteiger partial charge in [0.05, 0.1) is 19.3 Å². The number of hydrogen-bond acceptors (Lipinski definition) is 4. The van der Waals surface area contributed by atoms with Crippen molar-refractivity contribution in [3.05, 3.63) is 22.5 Å². The molecular formula is C14H19F3N2O4. The Hall–Kier alpha value is -2.03. The number of hydrogen-bond donors (Lipinski definition) is 2. The van der Waals surface area contributed by atoms with Crippen LogP contribution in [0.25, 0.3) is 0 Å². The molecule has 1 aromatic heterocycles. The van der Waals surface area contributed by atoms with Crippen molar-refractivity contribution in [3.63, 3.8) is 0 Å². The first-order valence-corrected chi connectivity index (χ1v) is 6.93. The molecule has 1 heterocycles. The number of carbonyl (C=O) groups is 2. The van der Waals surface area contributed by atoms with E-state index in [1.807, 2.05) is 6.92 Å². The number of aromatic amines is 1. The number of nitrogens with one attached hydrogen (secondary N) is 2. The summed E-state index contributed by atoms with van der Waals surface area (Å²) in [6.45, 7) is 1.69. The van der Waals surface area contributed by atoms with E-state index in [4.69, 9.17) is 0 Å². The maximum atomic E-state index is 12.0. The molecule has 1 aromatic rings. The Bertz CT molecular complexity index is 567. The summed E-state index contributed by atoms with van der Waals surface area (Å²) in [4.78, 5) is 26.6. The zero-order chi connectivity index (χ0) is 17.6. The highest BCUT2D eigenvalue weighted by atomic mass is 19.4. The van der Waals surface area contributed by atoms with Gasteiger partial charge in [-0.05, 0) is 18.9 Å². The maximum absolute atomic E-state index is 12.0. The lowest BCUT2D eigenvalue weighted by atomic mass is 10.1. The molecule has 0 spiro atoms. The molecule has 1 amide bonds. The van der Waals surface area contributed by atoms with Crippen molar-refractivity contribution in [1.29, 1.82) is 0 Å². The lowest BCUT2D eigenvalue weighted by molar-refractivity contribution is -0.173. The molecule has 0 fully saturated rings. The number of aromatic nitrogens is 1. The van der Waals surface area contributed by atoms with Crippen LogP contribution >= 0.6 is 0 Å². The van der Waals surface area contributed by atoms with Crippen LogP contribution in [0.1, 0.15) is 39.0 Å². The summed E-state index contributed by atoms with van der Waals surface area (Å²) in [5.41, 5.74) is 1.47. The minimum atomic E-state index is -4.40. The van der Waals surface area contributed by atoms with Crippen molar-refractivity contribution in [3.8, 4) is 0 Å². The summed E-state index contributed by atoms with van der Waals surface area (Å²) in [6.07, 6.45) is -3.90. The van der Waals surface area contributed by atoms with Crippen LogP contribution < -0.4 is 5.32 Å². The minimum Gasteiger partial charge on any atom is -0.465 e. The van der Waals surface area contributed by atoms with E-state index in [1.165, 1.54) is 7.11 Å². The fourth-order valence-electron chi connectivity index (χ4n) is 2.04. The third kappa shape index (κ3) is 5.27. The van der Waals surface area contributed by atoms with Gasteiger partial charge >= 0.3 is 12.1 Å². The number of halogens is 3. The monoisotopic (exact) mass is 336 g/mol. The van der Waals surface area contributed by atoms with Gasteiger partial charge in [-0.2, -0.15) is 13.2 Å². The highest BCUT2D eigenvalue weighted by molar-refractivity contribution is 6.00. The molecule has 0 aliphatic heterocycles. The fraction of sp³-hybridized carbons (Fsp3) is 0.571. The molecule has 0 atom stereocenters. The van der Waals surface area contributed by atoms with Gasteiger partial charge in [0.2, 0.25) is 0 Å². The van der Waals surface area contributed by atoms with Crippen LogP contribution in [0.15, 0.2) is 0 Å². The molecule has 0 aliphatic carbocycles.